The highest BCUT2D eigenvalue weighted by Crippen LogP contribution is 2.30. The molecular formula is C25H30N4O2. The molecule has 0 atom stereocenters. The molecule has 4 rings (SSSR count). The van der Waals surface area contributed by atoms with Crippen LogP contribution in [0.3, 0.4) is 0 Å². The van der Waals surface area contributed by atoms with Gasteiger partial charge in [-0.15, -0.1) is 0 Å². The number of hydrogen-bond acceptors (Lipinski definition) is 4. The van der Waals surface area contributed by atoms with E-state index in [0.717, 1.165) is 12.8 Å². The van der Waals surface area contributed by atoms with Gasteiger partial charge in [0.25, 0.3) is 11.5 Å². The van der Waals surface area contributed by atoms with Crippen LogP contribution < -0.4 is 10.9 Å². The Morgan fingerprint density at radius 3 is 2.23 bits per heavy atom. The van der Waals surface area contributed by atoms with E-state index in [1.165, 1.54) is 30.4 Å². The van der Waals surface area contributed by atoms with Crippen molar-refractivity contribution in [1.82, 2.24) is 20.0 Å². The number of likely N-dealkylation sites (N-methyl/N-ethyl adjacent to an activating group) is 1. The van der Waals surface area contributed by atoms with Crippen molar-refractivity contribution in [3.8, 4) is 5.69 Å². The maximum absolute atomic E-state index is 13.3. The predicted molar refractivity (Wildman–Crippen MR) is 124 cm³/mol. The monoisotopic (exact) mass is 418 g/mol. The molecule has 0 saturated heterocycles. The molecule has 1 aromatic heterocycles. The van der Waals surface area contributed by atoms with Crippen molar-refractivity contribution in [3.05, 3.63) is 70.6 Å². The van der Waals surface area contributed by atoms with Crippen molar-refractivity contribution >= 4 is 16.7 Å². The van der Waals surface area contributed by atoms with Gasteiger partial charge in [-0.2, -0.15) is 9.78 Å². The van der Waals surface area contributed by atoms with Crippen molar-refractivity contribution in [2.45, 2.75) is 44.1 Å². The van der Waals surface area contributed by atoms with Crippen LogP contribution in [0.1, 0.15) is 49.0 Å². The summed E-state index contributed by atoms with van der Waals surface area (Å²) in [6, 6.07) is 16.4. The topological polar surface area (TPSA) is 67.2 Å². The first-order valence-electron chi connectivity index (χ1n) is 11.0. The van der Waals surface area contributed by atoms with E-state index < -0.39 is 0 Å². The largest absolute Gasteiger partial charge is 0.349 e. The Morgan fingerprint density at radius 1 is 0.968 bits per heavy atom. The van der Waals surface area contributed by atoms with E-state index in [-0.39, 0.29) is 22.7 Å². The number of amides is 1. The number of carbonyl (C=O) groups is 1. The van der Waals surface area contributed by atoms with Crippen LogP contribution in [-0.2, 0) is 0 Å². The van der Waals surface area contributed by atoms with Gasteiger partial charge in [0, 0.05) is 17.5 Å². The first-order chi connectivity index (χ1) is 15.0. The Bertz CT molecular complexity index is 1110. The van der Waals surface area contributed by atoms with E-state index in [9.17, 15) is 9.59 Å². The fourth-order valence-corrected chi connectivity index (χ4v) is 4.60. The Kier molecular flexibility index (Phi) is 6.18. The molecule has 0 aliphatic heterocycles. The lowest BCUT2D eigenvalue weighted by molar-refractivity contribution is 0.0864. The molecule has 6 heteroatoms. The summed E-state index contributed by atoms with van der Waals surface area (Å²) in [5, 5.41) is 8.72. The van der Waals surface area contributed by atoms with Crippen LogP contribution in [-0.4, -0.2) is 46.8 Å². The number of carbonyl (C=O) groups excluding carboxylic acids is 1. The van der Waals surface area contributed by atoms with E-state index in [4.69, 9.17) is 0 Å². The van der Waals surface area contributed by atoms with E-state index in [1.54, 1.807) is 12.1 Å². The SMILES string of the molecule is CN(C)C1(CNC(=O)c2nn(-c3ccccc3)c(=O)c3ccccc23)CCCCCC1. The Hall–Kier alpha value is -2.99. The molecule has 1 heterocycles. The average Bonchev–Trinajstić information content (AvgIpc) is 3.05. The van der Waals surface area contributed by atoms with Crippen molar-refractivity contribution < 1.29 is 4.79 Å². The second kappa shape index (κ2) is 9.02. The highest BCUT2D eigenvalue weighted by molar-refractivity contribution is 6.04. The summed E-state index contributed by atoms with van der Waals surface area (Å²) in [5.74, 6) is -0.244. The Morgan fingerprint density at radius 2 is 1.58 bits per heavy atom. The average molecular weight is 419 g/mol. The molecule has 1 N–H and O–H groups in total. The fourth-order valence-electron chi connectivity index (χ4n) is 4.60. The molecule has 3 aromatic rings. The molecule has 1 aliphatic rings. The quantitative estimate of drug-likeness (QED) is 0.641. The molecular weight excluding hydrogens is 388 g/mol. The van der Waals surface area contributed by atoms with Gasteiger partial charge in [-0.25, -0.2) is 0 Å². The summed E-state index contributed by atoms with van der Waals surface area (Å²) < 4.78 is 1.32. The van der Waals surface area contributed by atoms with Crippen LogP contribution in [0.4, 0.5) is 0 Å². The number of rotatable bonds is 5. The zero-order valence-corrected chi connectivity index (χ0v) is 18.3. The van der Waals surface area contributed by atoms with Gasteiger partial charge >= 0.3 is 0 Å². The molecule has 1 amide bonds. The summed E-state index contributed by atoms with van der Waals surface area (Å²) in [5.41, 5.74) is 0.643. The van der Waals surface area contributed by atoms with Gasteiger partial charge in [0.05, 0.1) is 11.1 Å². The third-order valence-corrected chi connectivity index (χ3v) is 6.58. The van der Waals surface area contributed by atoms with Gasteiger partial charge in [-0.3, -0.25) is 9.59 Å². The minimum absolute atomic E-state index is 0.0458. The smallest absolute Gasteiger partial charge is 0.279 e. The molecule has 0 radical (unpaired) electrons. The minimum Gasteiger partial charge on any atom is -0.349 e. The third-order valence-electron chi connectivity index (χ3n) is 6.58. The number of nitrogens with one attached hydrogen (secondary N) is 1. The molecule has 0 unspecified atom stereocenters. The highest BCUT2D eigenvalue weighted by atomic mass is 16.2. The van der Waals surface area contributed by atoms with Gasteiger partial charge in [0.2, 0.25) is 0 Å². The highest BCUT2D eigenvalue weighted by Gasteiger charge is 2.34. The molecule has 6 nitrogen and oxygen atoms in total. The number of aromatic nitrogens is 2. The zero-order chi connectivity index (χ0) is 21.8. The minimum atomic E-state index is -0.244. The summed E-state index contributed by atoms with van der Waals surface area (Å²) >= 11 is 0. The number of fused-ring (bicyclic) bond motifs is 1. The van der Waals surface area contributed by atoms with Gasteiger partial charge in [0.1, 0.15) is 0 Å². The maximum atomic E-state index is 13.3. The van der Waals surface area contributed by atoms with Crippen molar-refractivity contribution in [1.29, 1.82) is 0 Å². The number of benzene rings is 2. The summed E-state index contributed by atoms with van der Waals surface area (Å²) in [6.07, 6.45) is 6.98. The first kappa shape index (κ1) is 21.2. The van der Waals surface area contributed by atoms with Crippen LogP contribution in [0.2, 0.25) is 0 Å². The standard InChI is InChI=1S/C25H30N4O2/c1-28(2)25(16-10-3-4-11-17-25)18-26-23(30)22-20-14-8-9-15-21(20)24(31)29(27-22)19-12-6-5-7-13-19/h5-9,12-15H,3-4,10-11,16-18H2,1-2H3,(H,26,30). The lowest BCUT2D eigenvalue weighted by atomic mass is 9.88. The van der Waals surface area contributed by atoms with Gasteiger partial charge in [0.15, 0.2) is 5.69 Å². The second-order valence-corrected chi connectivity index (χ2v) is 8.66. The van der Waals surface area contributed by atoms with Crippen LogP contribution >= 0.6 is 0 Å². The van der Waals surface area contributed by atoms with Crippen LogP contribution in [0.15, 0.2) is 59.4 Å². The number of hydrogen-bond donors (Lipinski definition) is 1. The number of nitrogens with zero attached hydrogens (tertiary/aromatic N) is 3. The van der Waals surface area contributed by atoms with E-state index >= 15 is 0 Å². The van der Waals surface area contributed by atoms with Crippen LogP contribution in [0.25, 0.3) is 16.5 Å². The molecule has 1 aliphatic carbocycles. The van der Waals surface area contributed by atoms with Gasteiger partial charge in [-0.1, -0.05) is 62.1 Å². The van der Waals surface area contributed by atoms with Gasteiger partial charge < -0.3 is 10.2 Å². The first-order valence-corrected chi connectivity index (χ1v) is 11.0. The van der Waals surface area contributed by atoms with Crippen LogP contribution in [0, 0.1) is 0 Å². The maximum Gasteiger partial charge on any atom is 0.279 e. The van der Waals surface area contributed by atoms with E-state index in [2.05, 4.69) is 29.4 Å². The molecule has 1 saturated carbocycles. The van der Waals surface area contributed by atoms with Crippen LogP contribution in [0.5, 0.6) is 0 Å². The Labute approximate surface area is 182 Å². The normalized spacial score (nSPS) is 16.2. The van der Waals surface area contributed by atoms with Crippen molar-refractivity contribution in [2.75, 3.05) is 20.6 Å². The summed E-state index contributed by atoms with van der Waals surface area (Å²) in [7, 11) is 4.20. The summed E-state index contributed by atoms with van der Waals surface area (Å²) in [6.45, 7) is 0.569. The fraction of sp³-hybridized carbons (Fsp3) is 0.400. The van der Waals surface area contributed by atoms with E-state index in [0.29, 0.717) is 23.0 Å². The third kappa shape index (κ3) is 4.26. The van der Waals surface area contributed by atoms with Crippen molar-refractivity contribution in [2.24, 2.45) is 0 Å². The summed E-state index contributed by atoms with van der Waals surface area (Å²) in [4.78, 5) is 28.6. The van der Waals surface area contributed by atoms with E-state index in [1.807, 2.05) is 42.5 Å². The Balaban J connectivity index is 1.71. The number of para-hydroxylation sites is 1. The molecule has 31 heavy (non-hydrogen) atoms. The molecule has 2 aromatic carbocycles. The van der Waals surface area contributed by atoms with Gasteiger partial charge in [-0.05, 0) is 45.1 Å². The second-order valence-electron chi connectivity index (χ2n) is 8.66. The lowest BCUT2D eigenvalue weighted by Gasteiger charge is -2.39. The van der Waals surface area contributed by atoms with Crippen molar-refractivity contribution in [3.63, 3.8) is 0 Å². The molecule has 0 spiro atoms. The molecule has 162 valence electrons. The molecule has 0 bridgehead atoms. The predicted octanol–water partition coefficient (Wildman–Crippen LogP) is 3.77. The lowest BCUT2D eigenvalue weighted by Crippen LogP contribution is -2.52. The zero-order valence-electron chi connectivity index (χ0n) is 18.3. The molecule has 1 fully saturated rings.